The number of rotatable bonds is 3. The SMILES string of the molecule is COc1ccc2nc3sc(C(=O)N(C)c4ccc(C)c(C)c4)cc3cc2c1. The highest BCUT2D eigenvalue weighted by atomic mass is 32.1. The number of methoxy groups -OCH3 is 1. The Balaban J connectivity index is 1.72. The van der Waals surface area contributed by atoms with Crippen molar-refractivity contribution in [1.29, 1.82) is 0 Å². The van der Waals surface area contributed by atoms with Crippen LogP contribution >= 0.6 is 11.3 Å². The molecular formula is C22H20N2O2S. The van der Waals surface area contributed by atoms with E-state index in [1.165, 1.54) is 22.5 Å². The summed E-state index contributed by atoms with van der Waals surface area (Å²) >= 11 is 1.43. The number of benzene rings is 2. The molecule has 136 valence electrons. The van der Waals surface area contributed by atoms with Crippen LogP contribution in [0.25, 0.3) is 21.1 Å². The molecule has 0 spiro atoms. The zero-order valence-electron chi connectivity index (χ0n) is 15.7. The molecule has 0 radical (unpaired) electrons. The second-order valence-electron chi connectivity index (χ2n) is 6.68. The molecule has 5 heteroatoms. The molecule has 2 aromatic heterocycles. The summed E-state index contributed by atoms with van der Waals surface area (Å²) in [5.74, 6) is 0.771. The van der Waals surface area contributed by atoms with Crippen LogP contribution in [0.5, 0.6) is 5.75 Å². The van der Waals surface area contributed by atoms with Crippen molar-refractivity contribution in [3.05, 3.63) is 64.5 Å². The molecule has 0 aliphatic heterocycles. The Morgan fingerprint density at radius 3 is 2.56 bits per heavy atom. The van der Waals surface area contributed by atoms with Gasteiger partial charge in [-0.25, -0.2) is 4.98 Å². The van der Waals surface area contributed by atoms with Crippen molar-refractivity contribution in [2.45, 2.75) is 13.8 Å². The number of fused-ring (bicyclic) bond motifs is 2. The predicted octanol–water partition coefficient (Wildman–Crippen LogP) is 5.35. The molecule has 4 aromatic rings. The van der Waals surface area contributed by atoms with E-state index in [2.05, 4.69) is 19.9 Å². The molecule has 0 aliphatic carbocycles. The Bertz CT molecular complexity index is 1180. The number of carbonyl (C=O) groups is 1. The number of hydrogen-bond acceptors (Lipinski definition) is 4. The zero-order chi connectivity index (χ0) is 19.1. The molecule has 4 nitrogen and oxygen atoms in total. The maximum Gasteiger partial charge on any atom is 0.268 e. The molecule has 27 heavy (non-hydrogen) atoms. The Labute approximate surface area is 162 Å². The number of aryl methyl sites for hydroxylation is 2. The maximum atomic E-state index is 13.0. The molecule has 0 fully saturated rings. The second-order valence-corrected chi connectivity index (χ2v) is 7.72. The first kappa shape index (κ1) is 17.5. The summed E-state index contributed by atoms with van der Waals surface area (Å²) in [6.07, 6.45) is 0. The van der Waals surface area contributed by atoms with E-state index in [1.807, 2.05) is 49.5 Å². The van der Waals surface area contributed by atoms with Crippen molar-refractivity contribution in [2.75, 3.05) is 19.1 Å². The Hall–Kier alpha value is -2.92. The van der Waals surface area contributed by atoms with Gasteiger partial charge in [-0.3, -0.25) is 4.79 Å². The van der Waals surface area contributed by atoms with E-state index in [1.54, 1.807) is 12.0 Å². The third-order valence-electron chi connectivity index (χ3n) is 4.90. The average molecular weight is 376 g/mol. The summed E-state index contributed by atoms with van der Waals surface area (Å²) in [5, 5.41) is 1.97. The first-order valence-corrected chi connectivity index (χ1v) is 9.51. The van der Waals surface area contributed by atoms with E-state index >= 15 is 0 Å². The van der Waals surface area contributed by atoms with E-state index in [-0.39, 0.29) is 5.91 Å². The molecule has 4 rings (SSSR count). The number of thiophene rings is 1. The van der Waals surface area contributed by atoms with Crippen molar-refractivity contribution in [3.8, 4) is 5.75 Å². The predicted molar refractivity (Wildman–Crippen MR) is 112 cm³/mol. The van der Waals surface area contributed by atoms with Gasteiger partial charge in [-0.15, -0.1) is 11.3 Å². The average Bonchev–Trinajstić information content (AvgIpc) is 3.09. The van der Waals surface area contributed by atoms with Crippen molar-refractivity contribution < 1.29 is 9.53 Å². The normalized spacial score (nSPS) is 11.1. The highest BCUT2D eigenvalue weighted by Crippen LogP contribution is 2.30. The van der Waals surface area contributed by atoms with Gasteiger partial charge in [0.05, 0.1) is 17.5 Å². The van der Waals surface area contributed by atoms with Gasteiger partial charge in [0.25, 0.3) is 5.91 Å². The number of pyridine rings is 1. The fourth-order valence-electron chi connectivity index (χ4n) is 3.06. The van der Waals surface area contributed by atoms with Gasteiger partial charge in [0.2, 0.25) is 0 Å². The third kappa shape index (κ3) is 3.15. The zero-order valence-corrected chi connectivity index (χ0v) is 16.6. The van der Waals surface area contributed by atoms with Gasteiger partial charge < -0.3 is 9.64 Å². The lowest BCUT2D eigenvalue weighted by Crippen LogP contribution is -2.25. The Morgan fingerprint density at radius 1 is 1.00 bits per heavy atom. The Kier molecular flexibility index (Phi) is 4.32. The first-order valence-electron chi connectivity index (χ1n) is 8.70. The van der Waals surface area contributed by atoms with Gasteiger partial charge in [-0.2, -0.15) is 0 Å². The van der Waals surface area contributed by atoms with Crippen LogP contribution in [0.1, 0.15) is 20.8 Å². The van der Waals surface area contributed by atoms with Crippen LogP contribution in [-0.2, 0) is 0 Å². The van der Waals surface area contributed by atoms with E-state index in [9.17, 15) is 4.79 Å². The van der Waals surface area contributed by atoms with Crippen LogP contribution in [0.15, 0.2) is 48.5 Å². The van der Waals surface area contributed by atoms with Crippen LogP contribution in [0.2, 0.25) is 0 Å². The monoisotopic (exact) mass is 376 g/mol. The summed E-state index contributed by atoms with van der Waals surface area (Å²) in [5.41, 5.74) is 4.17. The molecule has 0 atom stereocenters. The molecule has 2 aromatic carbocycles. The third-order valence-corrected chi connectivity index (χ3v) is 5.93. The molecule has 0 bridgehead atoms. The lowest BCUT2D eigenvalue weighted by molar-refractivity contribution is 0.0997. The minimum atomic E-state index is -0.0251. The number of amides is 1. The summed E-state index contributed by atoms with van der Waals surface area (Å²) < 4.78 is 5.29. The number of ether oxygens (including phenoxy) is 1. The quantitative estimate of drug-likeness (QED) is 0.484. The van der Waals surface area contributed by atoms with E-state index < -0.39 is 0 Å². The smallest absolute Gasteiger partial charge is 0.268 e. The second kappa shape index (κ2) is 6.67. The maximum absolute atomic E-state index is 13.0. The molecule has 0 saturated carbocycles. The molecular weight excluding hydrogens is 356 g/mol. The number of hydrogen-bond donors (Lipinski definition) is 0. The number of aromatic nitrogens is 1. The van der Waals surface area contributed by atoms with Crippen molar-refractivity contribution >= 4 is 44.1 Å². The highest BCUT2D eigenvalue weighted by Gasteiger charge is 2.17. The molecule has 0 aliphatic rings. The van der Waals surface area contributed by atoms with Crippen LogP contribution < -0.4 is 9.64 Å². The van der Waals surface area contributed by atoms with Gasteiger partial charge in [0, 0.05) is 23.5 Å². The van der Waals surface area contributed by atoms with E-state index in [0.717, 1.165) is 32.6 Å². The van der Waals surface area contributed by atoms with E-state index in [0.29, 0.717) is 4.88 Å². The minimum Gasteiger partial charge on any atom is -0.497 e. The Morgan fingerprint density at radius 2 is 1.81 bits per heavy atom. The number of nitrogens with zero attached hydrogens (tertiary/aromatic N) is 2. The number of carbonyl (C=O) groups excluding carboxylic acids is 1. The lowest BCUT2D eigenvalue weighted by Gasteiger charge is -2.17. The molecule has 0 saturated heterocycles. The van der Waals surface area contributed by atoms with Crippen LogP contribution in [0.4, 0.5) is 5.69 Å². The van der Waals surface area contributed by atoms with Crippen molar-refractivity contribution in [3.63, 3.8) is 0 Å². The van der Waals surface area contributed by atoms with Gasteiger partial charge in [0.1, 0.15) is 10.6 Å². The summed E-state index contributed by atoms with van der Waals surface area (Å²) in [4.78, 5) is 20.9. The van der Waals surface area contributed by atoms with Gasteiger partial charge in [0.15, 0.2) is 0 Å². The summed E-state index contributed by atoms with van der Waals surface area (Å²) in [7, 11) is 3.46. The van der Waals surface area contributed by atoms with Crippen LogP contribution in [0, 0.1) is 13.8 Å². The van der Waals surface area contributed by atoms with Crippen LogP contribution in [-0.4, -0.2) is 25.0 Å². The minimum absolute atomic E-state index is 0.0251. The largest absolute Gasteiger partial charge is 0.497 e. The summed E-state index contributed by atoms with van der Waals surface area (Å²) in [6.45, 7) is 4.12. The standard InChI is InChI=1S/C22H20N2O2S/c1-13-5-6-17(9-14(13)2)24(3)22(25)20-12-16-10-15-11-18(26-4)7-8-19(15)23-21(16)27-20/h5-12H,1-4H3. The summed E-state index contributed by atoms with van der Waals surface area (Å²) in [6, 6.07) is 15.8. The number of anilines is 1. The van der Waals surface area contributed by atoms with Crippen molar-refractivity contribution in [2.24, 2.45) is 0 Å². The molecule has 1 amide bonds. The fraction of sp³-hybridized carbons (Fsp3) is 0.182. The fourth-order valence-corrected chi connectivity index (χ4v) is 4.06. The lowest BCUT2D eigenvalue weighted by atomic mass is 10.1. The molecule has 0 N–H and O–H groups in total. The van der Waals surface area contributed by atoms with Crippen LogP contribution in [0.3, 0.4) is 0 Å². The van der Waals surface area contributed by atoms with Gasteiger partial charge in [-0.05, 0) is 67.4 Å². The van der Waals surface area contributed by atoms with Crippen molar-refractivity contribution in [1.82, 2.24) is 4.98 Å². The first-order chi connectivity index (χ1) is 13.0. The molecule has 2 heterocycles. The van der Waals surface area contributed by atoms with Gasteiger partial charge in [-0.1, -0.05) is 6.07 Å². The topological polar surface area (TPSA) is 42.4 Å². The molecule has 0 unspecified atom stereocenters. The van der Waals surface area contributed by atoms with Gasteiger partial charge >= 0.3 is 0 Å². The van der Waals surface area contributed by atoms with E-state index in [4.69, 9.17) is 9.72 Å². The highest BCUT2D eigenvalue weighted by molar-refractivity contribution is 7.20.